The zero-order valence-corrected chi connectivity index (χ0v) is 23.8. The van der Waals surface area contributed by atoms with E-state index in [9.17, 15) is 29.6 Å². The molecule has 3 aliphatic heterocycles. The average Bonchev–Trinajstić information content (AvgIpc) is 3.25. The molecule has 0 radical (unpaired) electrons. The number of amides is 1. The van der Waals surface area contributed by atoms with E-state index in [0.717, 1.165) is 12.2 Å². The van der Waals surface area contributed by atoms with Crippen molar-refractivity contribution in [2.24, 2.45) is 10.9 Å². The first kappa shape index (κ1) is 29.6. The van der Waals surface area contributed by atoms with Gasteiger partial charge in [0.25, 0.3) is 0 Å². The van der Waals surface area contributed by atoms with Crippen molar-refractivity contribution >= 4 is 24.9 Å². The lowest BCUT2D eigenvalue weighted by Crippen LogP contribution is -2.77. The van der Waals surface area contributed by atoms with E-state index in [2.05, 4.69) is 15.6 Å². The molecule has 3 fully saturated rings. The maximum Gasteiger partial charge on any atom is 0.373 e. The van der Waals surface area contributed by atoms with Gasteiger partial charge in [-0.15, -0.1) is 0 Å². The van der Waals surface area contributed by atoms with Crippen molar-refractivity contribution in [3.05, 3.63) is 23.8 Å². The second kappa shape index (κ2) is 11.0. The van der Waals surface area contributed by atoms with E-state index in [4.69, 9.17) is 18.7 Å². The summed E-state index contributed by atoms with van der Waals surface area (Å²) in [6.07, 6.45) is -4.35. The quantitative estimate of drug-likeness (QED) is 0.243. The Labute approximate surface area is 232 Å². The summed E-state index contributed by atoms with van der Waals surface area (Å²) in [6, 6.07) is 3.30. The Bertz CT molecular complexity index is 1210. The second-order valence-electron chi connectivity index (χ2n) is 11.2. The number of nitrogens with one attached hydrogen (secondary N) is 2. The van der Waals surface area contributed by atoms with E-state index < -0.39 is 74.1 Å². The average molecular weight is 584 g/mol. The number of benzene rings is 1. The normalized spacial score (nSPS) is 40.2. The van der Waals surface area contributed by atoms with Crippen molar-refractivity contribution in [3.63, 3.8) is 0 Å². The highest BCUT2D eigenvalue weighted by Gasteiger charge is 2.63. The van der Waals surface area contributed by atoms with Gasteiger partial charge in [0, 0.05) is 24.7 Å². The number of hydrogen-bond acceptors (Lipinski definition) is 11. The lowest BCUT2D eigenvalue weighted by atomic mass is 9.74. The molecule has 0 aromatic heterocycles. The molecule has 4 aliphatic rings. The first-order valence-electron chi connectivity index (χ1n) is 13.6. The molecule has 1 amide bonds. The van der Waals surface area contributed by atoms with Crippen molar-refractivity contribution in [1.82, 2.24) is 10.6 Å². The van der Waals surface area contributed by atoms with Gasteiger partial charge in [-0.25, -0.2) is 4.57 Å². The number of rotatable bonds is 7. The number of hydrogen-bond donors (Lipinski definition) is 6. The summed E-state index contributed by atoms with van der Waals surface area (Å²) >= 11 is 0. The third kappa shape index (κ3) is 5.59. The van der Waals surface area contributed by atoms with Gasteiger partial charge >= 0.3 is 7.60 Å². The van der Waals surface area contributed by atoms with Crippen LogP contribution < -0.4 is 15.2 Å². The van der Waals surface area contributed by atoms with Crippen LogP contribution in [0.3, 0.4) is 0 Å². The van der Waals surface area contributed by atoms with Crippen LogP contribution in [0.15, 0.2) is 23.2 Å². The Kier molecular flexibility index (Phi) is 8.16. The molecular formula is C26H38N3O10P. The molecule has 1 unspecified atom stereocenters. The van der Waals surface area contributed by atoms with E-state index in [1.807, 2.05) is 6.92 Å². The SMILES string of the molecule is CC[C@@H]1[C@H](O)[C@H](NC)[C@H]2O[C@]3(O)[C@H](O[C@@H]2[C@H]1O)O[C@H](C)C[C@H]3NC(=O)CC1=Nc2ccc(OP(C)(=O)O)cc2C1. The van der Waals surface area contributed by atoms with E-state index in [0.29, 0.717) is 24.2 Å². The van der Waals surface area contributed by atoms with Crippen LogP contribution in [-0.2, 0) is 30.0 Å². The van der Waals surface area contributed by atoms with Crippen LogP contribution in [0.1, 0.15) is 38.7 Å². The zero-order chi connectivity index (χ0) is 29.0. The maximum atomic E-state index is 13.2. The summed E-state index contributed by atoms with van der Waals surface area (Å²) in [6.45, 7) is 4.76. The fraction of sp³-hybridized carbons (Fsp3) is 0.692. The van der Waals surface area contributed by atoms with Gasteiger partial charge in [-0.3, -0.25) is 9.79 Å². The third-order valence-electron chi connectivity index (χ3n) is 8.13. The van der Waals surface area contributed by atoms with Gasteiger partial charge in [0.05, 0.1) is 42.5 Å². The molecular weight excluding hydrogens is 545 g/mol. The van der Waals surface area contributed by atoms with Gasteiger partial charge in [-0.2, -0.15) is 0 Å². The Morgan fingerprint density at radius 3 is 2.67 bits per heavy atom. The topological polar surface area (TPSA) is 188 Å². The molecule has 13 nitrogen and oxygen atoms in total. The minimum atomic E-state index is -3.71. The molecule has 0 bridgehead atoms. The number of fused-ring (bicyclic) bond motifs is 3. The van der Waals surface area contributed by atoms with Crippen molar-refractivity contribution in [2.45, 2.75) is 94.2 Å². The van der Waals surface area contributed by atoms with Gasteiger partial charge in [-0.1, -0.05) is 6.92 Å². The fourth-order valence-electron chi connectivity index (χ4n) is 6.27. The van der Waals surface area contributed by atoms with E-state index >= 15 is 0 Å². The lowest BCUT2D eigenvalue weighted by molar-refractivity contribution is -0.450. The number of aliphatic hydroxyl groups excluding tert-OH is 2. The van der Waals surface area contributed by atoms with Crippen LogP contribution in [-0.4, -0.2) is 100 Å². The lowest BCUT2D eigenvalue weighted by Gasteiger charge is -2.58. The number of aliphatic imine (C=N–C) groups is 1. The number of carbonyl (C=O) groups excluding carboxylic acids is 1. The first-order valence-corrected chi connectivity index (χ1v) is 15.6. The predicted octanol–water partition coefficient (Wildman–Crippen LogP) is 0.341. The third-order valence-corrected chi connectivity index (χ3v) is 8.68. The Morgan fingerprint density at radius 1 is 1.25 bits per heavy atom. The molecule has 1 aromatic rings. The Morgan fingerprint density at radius 2 is 2.00 bits per heavy atom. The molecule has 1 saturated carbocycles. The molecule has 40 heavy (non-hydrogen) atoms. The van der Waals surface area contributed by atoms with Crippen molar-refractivity contribution in [2.75, 3.05) is 13.7 Å². The highest BCUT2D eigenvalue weighted by atomic mass is 31.2. The molecule has 222 valence electrons. The molecule has 0 spiro atoms. The molecule has 1 aromatic carbocycles. The molecule has 6 N–H and O–H groups in total. The predicted molar refractivity (Wildman–Crippen MR) is 142 cm³/mol. The van der Waals surface area contributed by atoms with Gasteiger partial charge in [-0.05, 0) is 50.6 Å². The summed E-state index contributed by atoms with van der Waals surface area (Å²) in [5, 5.41) is 39.5. The van der Waals surface area contributed by atoms with Crippen LogP contribution in [0, 0.1) is 5.92 Å². The molecule has 2 saturated heterocycles. The highest BCUT2D eigenvalue weighted by molar-refractivity contribution is 7.52. The summed E-state index contributed by atoms with van der Waals surface area (Å²) in [7, 11) is -2.05. The van der Waals surface area contributed by atoms with Gasteiger partial charge in [0.2, 0.25) is 18.0 Å². The first-order chi connectivity index (χ1) is 18.8. The summed E-state index contributed by atoms with van der Waals surface area (Å²) < 4.78 is 34.8. The van der Waals surface area contributed by atoms with Crippen LogP contribution in [0.4, 0.5) is 5.69 Å². The van der Waals surface area contributed by atoms with Gasteiger partial charge in [0.15, 0.2) is 0 Å². The van der Waals surface area contributed by atoms with Gasteiger partial charge < -0.3 is 49.6 Å². The van der Waals surface area contributed by atoms with E-state index in [1.165, 1.54) is 0 Å². The molecule has 3 heterocycles. The zero-order valence-electron chi connectivity index (χ0n) is 22.9. The Hall–Kier alpha value is -1.93. The monoisotopic (exact) mass is 583 g/mol. The largest absolute Gasteiger partial charge is 0.425 e. The van der Waals surface area contributed by atoms with Crippen molar-refractivity contribution in [3.8, 4) is 5.75 Å². The highest BCUT2D eigenvalue weighted by Crippen LogP contribution is 2.44. The van der Waals surface area contributed by atoms with Crippen LogP contribution in [0.2, 0.25) is 0 Å². The number of ether oxygens (including phenoxy) is 3. The van der Waals surface area contributed by atoms with E-state index in [1.54, 1.807) is 32.2 Å². The maximum absolute atomic E-state index is 13.2. The second-order valence-corrected chi connectivity index (χ2v) is 12.9. The van der Waals surface area contributed by atoms with Crippen molar-refractivity contribution in [1.29, 1.82) is 0 Å². The Balaban J connectivity index is 1.28. The standard InChI is InChI=1S/C26H38N3O10P/c1-5-16-21(31)20(27-3)23-24(22(16)32)37-25-26(33,38-23)18(8-12(2)36-25)29-19(30)11-14-9-13-10-15(39-40(4,34)35)6-7-17(13)28-14/h6-7,10,12,16,18,20-25,27,31-33H,5,8-9,11H2,1-4H3,(H,29,30)(H,34,35)/t12-,16-,18-,20+,21+,22+,23-,24-,25+,26+/m1/s1. The molecule has 14 heteroatoms. The van der Waals surface area contributed by atoms with Gasteiger partial charge in [0.1, 0.15) is 18.0 Å². The molecule has 1 aliphatic carbocycles. The molecule has 11 atom stereocenters. The van der Waals surface area contributed by atoms with Crippen LogP contribution in [0.5, 0.6) is 5.75 Å². The van der Waals surface area contributed by atoms with E-state index in [-0.39, 0.29) is 18.6 Å². The number of carbonyl (C=O) groups is 1. The number of likely N-dealkylation sites (N-methyl/N-ethyl adjacent to an activating group) is 1. The molecule has 5 rings (SSSR count). The summed E-state index contributed by atoms with van der Waals surface area (Å²) in [4.78, 5) is 27.1. The number of aliphatic hydroxyl groups is 3. The minimum Gasteiger partial charge on any atom is -0.425 e. The fourth-order valence-corrected chi connectivity index (χ4v) is 6.77. The minimum absolute atomic E-state index is 0.0503. The summed E-state index contributed by atoms with van der Waals surface area (Å²) in [5.41, 5.74) is 1.99. The smallest absolute Gasteiger partial charge is 0.373 e. The van der Waals surface area contributed by atoms with Crippen molar-refractivity contribution < 1.29 is 48.3 Å². The van der Waals surface area contributed by atoms with Crippen LogP contribution >= 0.6 is 7.60 Å². The number of nitrogens with zero attached hydrogens (tertiary/aromatic N) is 1. The summed E-state index contributed by atoms with van der Waals surface area (Å²) in [5.74, 6) is -2.68. The van der Waals surface area contributed by atoms with Crippen LogP contribution in [0.25, 0.3) is 0 Å².